The Bertz CT molecular complexity index is 412. The minimum atomic E-state index is -0.667. The smallest absolute Gasteiger partial charge is 0.693 e. The van der Waals surface area contributed by atoms with E-state index in [0.29, 0.717) is 24.3 Å². The van der Waals surface area contributed by atoms with E-state index in [1.54, 1.807) is 18.5 Å². The number of carbonyl (C=O) groups excluding carboxylic acids is 3. The third kappa shape index (κ3) is 60.8. The Balaban J connectivity index is -0.0000000580. The fourth-order valence-corrected chi connectivity index (χ4v) is 2.88. The van der Waals surface area contributed by atoms with Gasteiger partial charge in [0.25, 0.3) is 0 Å². The summed E-state index contributed by atoms with van der Waals surface area (Å²) in [4.78, 5) is 28.4. The van der Waals surface area contributed by atoms with E-state index in [9.17, 15) is 4.79 Å². The zero-order valence-corrected chi connectivity index (χ0v) is 31.6. The molecule has 4 atom stereocenters. The maximum atomic E-state index is 10.3. The van der Waals surface area contributed by atoms with Crippen LogP contribution in [0.3, 0.4) is 0 Å². The number of aldehydes is 1. The maximum absolute atomic E-state index is 10.3. The Kier molecular flexibility index (Phi) is 58.2. The van der Waals surface area contributed by atoms with Gasteiger partial charge in [0.2, 0.25) is 0 Å². The van der Waals surface area contributed by atoms with Crippen molar-refractivity contribution in [1.82, 2.24) is 0 Å². The van der Waals surface area contributed by atoms with Crippen LogP contribution in [0.25, 0.3) is 23.4 Å². The third-order valence-corrected chi connectivity index (χ3v) is 4.35. The first-order valence-corrected chi connectivity index (χ1v) is 11.9. The van der Waals surface area contributed by atoms with Crippen LogP contribution >= 0.6 is 18.5 Å². The summed E-state index contributed by atoms with van der Waals surface area (Å²) < 4.78 is 0. The molecule has 0 aliphatic heterocycles. The van der Waals surface area contributed by atoms with Crippen LogP contribution in [0.1, 0.15) is 81.1 Å². The number of carbonyl (C=O) groups is 3. The predicted octanol–water partition coefficient (Wildman–Crippen LogP) is 3.43. The number of rotatable bonds is 10. The van der Waals surface area contributed by atoms with Crippen molar-refractivity contribution in [3.63, 3.8) is 0 Å². The quantitative estimate of drug-likeness (QED) is 0.229. The van der Waals surface area contributed by atoms with E-state index < -0.39 is 11.3 Å². The monoisotopic (exact) mass is 558 g/mol. The zero-order chi connectivity index (χ0) is 24.9. The molecule has 0 saturated heterocycles. The topological polar surface area (TPSA) is 156 Å². The van der Waals surface area contributed by atoms with Crippen LogP contribution in [0.5, 0.6) is 0 Å². The molecule has 0 radical (unpaired) electrons. The van der Waals surface area contributed by atoms with Gasteiger partial charge in [0.05, 0.1) is 11.3 Å². The number of hydrogen-bond acceptors (Lipinski definition) is 3. The van der Waals surface area contributed by atoms with E-state index in [1.807, 2.05) is 0 Å². The molecule has 0 saturated carbocycles. The first kappa shape index (κ1) is 52.2. The van der Waals surface area contributed by atoms with Crippen LogP contribution in [0, 0.1) is 35.5 Å². The second-order valence-corrected chi connectivity index (χ2v) is 9.99. The van der Waals surface area contributed by atoms with E-state index in [0.717, 1.165) is 36.9 Å². The minimum Gasteiger partial charge on any atom is -0.693 e. The molecule has 33 heavy (non-hydrogen) atoms. The molecule has 190 valence electrons. The molecule has 0 bridgehead atoms. The number of nitrogens with two attached hydrogens (primary N) is 1. The number of nitrogens with one attached hydrogen (secondary N) is 3. The van der Waals surface area contributed by atoms with Crippen molar-refractivity contribution in [1.29, 1.82) is 0 Å². The van der Waals surface area contributed by atoms with Gasteiger partial charge in [-0.25, -0.2) is 0 Å². The van der Waals surface area contributed by atoms with Crippen LogP contribution in [-0.2, 0) is 4.79 Å². The van der Waals surface area contributed by atoms with Crippen molar-refractivity contribution in [2.45, 2.75) is 81.1 Å². The van der Waals surface area contributed by atoms with E-state index >= 15 is 0 Å². The molecule has 0 aromatic carbocycles. The molecular weight excluding hydrogens is 508 g/mol. The van der Waals surface area contributed by atoms with Crippen molar-refractivity contribution in [3.05, 3.63) is 23.4 Å². The second-order valence-electron chi connectivity index (χ2n) is 8.94. The molecule has 2 amide bonds. The Morgan fingerprint density at radius 1 is 0.758 bits per heavy atom. The van der Waals surface area contributed by atoms with Gasteiger partial charge in [-0.15, -0.1) is 0 Å². The van der Waals surface area contributed by atoms with E-state index in [2.05, 4.69) is 55.4 Å². The molecule has 5 N–H and O–H groups in total. The molecule has 7 nitrogen and oxygen atoms in total. The molecule has 11 heteroatoms. The van der Waals surface area contributed by atoms with Crippen molar-refractivity contribution in [3.8, 4) is 0 Å². The van der Waals surface area contributed by atoms with Gasteiger partial charge in [0, 0.05) is 6.42 Å². The molecule has 0 aliphatic carbocycles. The summed E-state index contributed by atoms with van der Waals surface area (Å²) in [6, 6.07) is 0. The standard InChI is InChI=1S/C10H22N.C10H20O.2CH4NOP.2K.H2N/c2*1-8(2)7-10(5-6-11)9(3)4;2*2-1(3)4;;;/h8-11H,5-7H2,1-4H3;6,8-10H,5,7H2,1-4H3;2*4H2,(H2,2,3);;;1H2/q-1;;;;2*+1;-1/p-2. The van der Waals surface area contributed by atoms with E-state index in [1.165, 1.54) is 12.8 Å². The van der Waals surface area contributed by atoms with Crippen molar-refractivity contribution in [2.75, 3.05) is 6.54 Å². The maximum Gasteiger partial charge on any atom is 1.00 e. The largest absolute Gasteiger partial charge is 1.00 e. The average molecular weight is 559 g/mol. The molecule has 0 spiro atoms. The molecule has 0 aromatic heterocycles. The molecule has 0 heterocycles. The van der Waals surface area contributed by atoms with E-state index in [-0.39, 0.29) is 109 Å². The molecule has 0 fully saturated rings. The van der Waals surface area contributed by atoms with Crippen LogP contribution < -0.4 is 103 Å². The van der Waals surface area contributed by atoms with Gasteiger partial charge in [-0.2, -0.15) is 6.54 Å². The van der Waals surface area contributed by atoms with Gasteiger partial charge in [-0.1, -0.05) is 80.3 Å². The Morgan fingerprint density at radius 2 is 1.03 bits per heavy atom. The molecule has 0 aliphatic rings. The zero-order valence-electron chi connectivity index (χ0n) is 23.0. The molecule has 0 aromatic rings. The molecule has 0 rings (SSSR count). The van der Waals surface area contributed by atoms with Crippen LogP contribution in [0.2, 0.25) is 0 Å². The summed E-state index contributed by atoms with van der Waals surface area (Å²) in [5.41, 5.74) is 17.7. The van der Waals surface area contributed by atoms with Crippen molar-refractivity contribution in [2.24, 2.45) is 35.5 Å². The normalized spacial score (nSPS) is 11.0. The van der Waals surface area contributed by atoms with Gasteiger partial charge in [0.15, 0.2) is 0 Å². The SMILES string of the molecule is CC(C)CC(CC=O)C(C)C.CC(C)CC(CC[NH-])C(C)C.[K+].[K+].[NH-]C(=O)P.[NH-]C(=O)P.[NH2-]. The van der Waals surface area contributed by atoms with Gasteiger partial charge >= 0.3 is 103 Å². The van der Waals surface area contributed by atoms with Crippen LogP contribution in [-0.4, -0.2) is 24.1 Å². The minimum absolute atomic E-state index is 0. The summed E-state index contributed by atoms with van der Waals surface area (Å²) >= 11 is 0. The molecule has 4 unspecified atom stereocenters. The third-order valence-electron chi connectivity index (χ3n) is 4.35. The summed E-state index contributed by atoms with van der Waals surface area (Å²) in [6.45, 7) is 18.5. The van der Waals surface area contributed by atoms with Gasteiger partial charge in [0.1, 0.15) is 6.29 Å². The van der Waals surface area contributed by atoms with E-state index in [4.69, 9.17) is 26.8 Å². The number of amides is 2. The number of hydrogen-bond donors (Lipinski definition) is 0. The summed E-state index contributed by atoms with van der Waals surface area (Å²) in [7, 11) is 3.37. The van der Waals surface area contributed by atoms with Gasteiger partial charge < -0.3 is 37.7 Å². The summed E-state index contributed by atoms with van der Waals surface area (Å²) in [5.74, 6) is 4.25. The Morgan fingerprint density at radius 3 is 1.21 bits per heavy atom. The van der Waals surface area contributed by atoms with Crippen molar-refractivity contribution < 1.29 is 117 Å². The Labute approximate surface area is 295 Å². The summed E-state index contributed by atoms with van der Waals surface area (Å²) in [5, 5.41) is 0. The van der Waals surface area contributed by atoms with Crippen LogP contribution in [0.15, 0.2) is 0 Å². The van der Waals surface area contributed by atoms with Crippen molar-refractivity contribution >= 4 is 36.1 Å². The molecular formula is C22H50K2N4O3P2-2. The Hall–Kier alpha value is 2.66. The van der Waals surface area contributed by atoms with Crippen LogP contribution in [0.4, 0.5) is 9.59 Å². The fraction of sp³-hybridized carbons (Fsp3) is 0.864. The van der Waals surface area contributed by atoms with Gasteiger partial charge in [-0.05, 0) is 48.3 Å². The predicted molar refractivity (Wildman–Crippen MR) is 144 cm³/mol. The average Bonchev–Trinajstić information content (AvgIpc) is 2.52. The first-order chi connectivity index (χ1) is 13.6. The summed E-state index contributed by atoms with van der Waals surface area (Å²) in [6.07, 6.45) is 5.33. The van der Waals surface area contributed by atoms with Gasteiger partial charge in [-0.3, -0.25) is 0 Å². The second kappa shape index (κ2) is 36.8. The fourth-order valence-electron chi connectivity index (χ4n) is 2.88. The first-order valence-electron chi connectivity index (χ1n) is 10.7.